The molecule has 0 bridgehead atoms. The average Bonchev–Trinajstić information content (AvgIpc) is 3.51. The smallest absolute Gasteiger partial charge is 0.367 e. The van der Waals surface area contributed by atoms with Crippen LogP contribution >= 0.6 is 0 Å². The molecule has 3 atom stereocenters. The zero-order valence-corrected chi connectivity index (χ0v) is 24.7. The minimum Gasteiger partial charge on any atom is -0.367 e. The molecule has 2 aromatic carbocycles. The summed E-state index contributed by atoms with van der Waals surface area (Å²) in [5.41, 5.74) is -0.755. The van der Waals surface area contributed by atoms with Crippen molar-refractivity contribution >= 4 is 11.6 Å². The zero-order chi connectivity index (χ0) is 30.7. The molecule has 3 aliphatic rings. The Morgan fingerprint density at radius 1 is 1.14 bits per heavy atom. The number of hydrogen-bond acceptors (Lipinski definition) is 6. The lowest BCUT2D eigenvalue weighted by Gasteiger charge is -2.44. The molecule has 0 saturated carbocycles. The molecule has 0 aliphatic carbocycles. The van der Waals surface area contributed by atoms with E-state index in [0.717, 1.165) is 19.6 Å². The van der Waals surface area contributed by atoms with Crippen molar-refractivity contribution in [3.8, 4) is 0 Å². The molecule has 2 saturated heterocycles. The summed E-state index contributed by atoms with van der Waals surface area (Å²) < 4.78 is 66.4. The third-order valence-electron chi connectivity index (χ3n) is 9.16. The van der Waals surface area contributed by atoms with Gasteiger partial charge in [0.2, 0.25) is 0 Å². The van der Waals surface area contributed by atoms with E-state index in [1.165, 1.54) is 21.9 Å². The SMILES string of the molecule is CC(C)[C@H]1CN(C)CCN1Cc1cc2c(c(C(F)(F)F)c1)CN(c1cccc([C@]3(C(F)c4nncn4C)CCO3)c1)C2=O. The molecule has 8 nitrogen and oxygen atoms in total. The van der Waals surface area contributed by atoms with E-state index in [1.54, 1.807) is 37.4 Å². The van der Waals surface area contributed by atoms with Crippen molar-refractivity contribution in [2.45, 2.75) is 57.3 Å². The third kappa shape index (κ3) is 5.23. The van der Waals surface area contributed by atoms with Crippen molar-refractivity contribution in [1.82, 2.24) is 24.6 Å². The molecule has 1 aromatic heterocycles. The summed E-state index contributed by atoms with van der Waals surface area (Å²) in [6, 6.07) is 9.68. The van der Waals surface area contributed by atoms with E-state index in [1.807, 2.05) is 0 Å². The second kappa shape index (κ2) is 11.0. The fourth-order valence-electron chi connectivity index (χ4n) is 6.64. The molecular formula is C31H36F4N6O2. The number of benzene rings is 2. The molecule has 6 rings (SSSR count). The Kier molecular flexibility index (Phi) is 7.58. The lowest BCUT2D eigenvalue weighted by Crippen LogP contribution is -2.53. The topological polar surface area (TPSA) is 66.7 Å². The molecule has 12 heteroatoms. The standard InChI is InChI=1S/C31H36F4N6O2/c1-19(2)26-17-38(3)9-10-40(26)15-20-12-23-24(25(13-20)31(33,34)35)16-41(29(23)42)22-7-5-6-21(14-22)30(8-11-43-30)27(32)28-37-36-18-39(28)4/h5-7,12-14,18-19,26-27H,8-11,15-17H2,1-4H3/t26-,27?,30+/m1/s1. The normalized spacial score (nSPS) is 24.0. The van der Waals surface area contributed by atoms with Crippen LogP contribution in [0.3, 0.4) is 0 Å². The van der Waals surface area contributed by atoms with E-state index < -0.39 is 29.4 Å². The van der Waals surface area contributed by atoms with Gasteiger partial charge in [-0.15, -0.1) is 10.2 Å². The number of alkyl halides is 4. The number of aryl methyl sites for hydroxylation is 1. The predicted molar refractivity (Wildman–Crippen MR) is 152 cm³/mol. The summed E-state index contributed by atoms with van der Waals surface area (Å²) in [5.74, 6) is -0.0756. The lowest BCUT2D eigenvalue weighted by molar-refractivity contribution is -0.198. The third-order valence-corrected chi connectivity index (χ3v) is 9.16. The number of likely N-dealkylation sites (N-methyl/N-ethyl adjacent to an activating group) is 1. The number of rotatable bonds is 7. The van der Waals surface area contributed by atoms with Crippen molar-refractivity contribution < 1.29 is 27.1 Å². The summed E-state index contributed by atoms with van der Waals surface area (Å²) >= 11 is 0. The highest BCUT2D eigenvalue weighted by Crippen LogP contribution is 2.50. The minimum atomic E-state index is -4.63. The van der Waals surface area contributed by atoms with Crippen LogP contribution in [0, 0.1) is 5.92 Å². The molecule has 43 heavy (non-hydrogen) atoms. The fourth-order valence-corrected chi connectivity index (χ4v) is 6.64. The number of carbonyl (C=O) groups is 1. The lowest BCUT2D eigenvalue weighted by atomic mass is 9.81. The number of halogens is 4. The Morgan fingerprint density at radius 2 is 1.91 bits per heavy atom. The summed E-state index contributed by atoms with van der Waals surface area (Å²) in [7, 11) is 3.69. The van der Waals surface area contributed by atoms with E-state index in [0.29, 0.717) is 42.3 Å². The van der Waals surface area contributed by atoms with Crippen LogP contribution in [0.25, 0.3) is 0 Å². The first-order valence-corrected chi connectivity index (χ1v) is 14.6. The first-order valence-electron chi connectivity index (χ1n) is 14.6. The van der Waals surface area contributed by atoms with E-state index in [-0.39, 0.29) is 29.5 Å². The number of aromatic nitrogens is 3. The summed E-state index contributed by atoms with van der Waals surface area (Å²) in [6.45, 7) is 7.07. The van der Waals surface area contributed by atoms with Gasteiger partial charge in [0.15, 0.2) is 12.0 Å². The van der Waals surface area contributed by atoms with Crippen LogP contribution in [0.5, 0.6) is 0 Å². The zero-order valence-electron chi connectivity index (χ0n) is 24.7. The molecular weight excluding hydrogens is 564 g/mol. The highest BCUT2D eigenvalue weighted by atomic mass is 19.4. The Labute approximate surface area is 248 Å². The quantitative estimate of drug-likeness (QED) is 0.352. The first-order chi connectivity index (χ1) is 20.4. The van der Waals surface area contributed by atoms with Crippen LogP contribution in [0.4, 0.5) is 23.2 Å². The highest BCUT2D eigenvalue weighted by Gasteiger charge is 2.51. The van der Waals surface area contributed by atoms with Crippen LogP contribution < -0.4 is 4.90 Å². The van der Waals surface area contributed by atoms with Crippen LogP contribution in [-0.2, 0) is 36.7 Å². The molecule has 0 spiro atoms. The van der Waals surface area contributed by atoms with Crippen LogP contribution in [0.15, 0.2) is 42.7 Å². The molecule has 0 N–H and O–H groups in total. The number of hydrogen-bond donors (Lipinski definition) is 0. The van der Waals surface area contributed by atoms with Crippen molar-refractivity contribution in [1.29, 1.82) is 0 Å². The largest absolute Gasteiger partial charge is 0.416 e. The van der Waals surface area contributed by atoms with Crippen LogP contribution in [-0.4, -0.2) is 69.8 Å². The van der Waals surface area contributed by atoms with E-state index in [2.05, 4.69) is 40.9 Å². The van der Waals surface area contributed by atoms with E-state index >= 15 is 4.39 Å². The minimum absolute atomic E-state index is 0.0394. The Balaban J connectivity index is 1.32. The maximum atomic E-state index is 15.9. The number of nitrogens with zero attached hydrogens (tertiary/aromatic N) is 6. The number of piperazine rings is 1. The van der Waals surface area contributed by atoms with Gasteiger partial charge in [0, 0.05) is 56.9 Å². The van der Waals surface area contributed by atoms with Gasteiger partial charge in [-0.3, -0.25) is 9.69 Å². The van der Waals surface area contributed by atoms with Gasteiger partial charge in [-0.05, 0) is 53.9 Å². The average molecular weight is 601 g/mol. The van der Waals surface area contributed by atoms with Crippen molar-refractivity contribution in [3.63, 3.8) is 0 Å². The molecule has 3 aliphatic heterocycles. The Hall–Kier alpha value is -3.35. The Bertz CT molecular complexity index is 1520. The number of amides is 1. The predicted octanol–water partition coefficient (Wildman–Crippen LogP) is 5.09. The van der Waals surface area contributed by atoms with Gasteiger partial charge in [-0.25, -0.2) is 4.39 Å². The second-order valence-electron chi connectivity index (χ2n) is 12.3. The van der Waals surface area contributed by atoms with Gasteiger partial charge >= 0.3 is 6.18 Å². The van der Waals surface area contributed by atoms with Gasteiger partial charge in [0.25, 0.3) is 5.91 Å². The number of fused-ring (bicyclic) bond motifs is 1. The molecule has 2 fully saturated rings. The first kappa shape index (κ1) is 29.7. The van der Waals surface area contributed by atoms with Gasteiger partial charge in [-0.1, -0.05) is 26.0 Å². The molecule has 1 unspecified atom stereocenters. The fraction of sp³-hybridized carbons (Fsp3) is 0.516. The van der Waals surface area contributed by atoms with Gasteiger partial charge in [-0.2, -0.15) is 13.2 Å². The maximum Gasteiger partial charge on any atom is 0.416 e. The summed E-state index contributed by atoms with van der Waals surface area (Å²) in [6.07, 6.45) is -4.47. The van der Waals surface area contributed by atoms with Crippen molar-refractivity contribution in [2.24, 2.45) is 13.0 Å². The van der Waals surface area contributed by atoms with Crippen LogP contribution in [0.1, 0.15) is 64.9 Å². The van der Waals surface area contributed by atoms with Crippen molar-refractivity contribution in [3.05, 3.63) is 76.4 Å². The monoisotopic (exact) mass is 600 g/mol. The molecule has 3 aromatic rings. The molecule has 1 amide bonds. The maximum absolute atomic E-state index is 15.9. The summed E-state index contributed by atoms with van der Waals surface area (Å²) in [5, 5.41) is 7.69. The van der Waals surface area contributed by atoms with E-state index in [4.69, 9.17) is 4.74 Å². The highest BCUT2D eigenvalue weighted by molar-refractivity contribution is 6.10. The van der Waals surface area contributed by atoms with Crippen LogP contribution in [0.2, 0.25) is 0 Å². The van der Waals surface area contributed by atoms with Gasteiger partial charge < -0.3 is 19.1 Å². The number of ether oxygens (including phenoxy) is 1. The summed E-state index contributed by atoms with van der Waals surface area (Å²) in [4.78, 5) is 19.5. The molecule has 4 heterocycles. The molecule has 230 valence electrons. The van der Waals surface area contributed by atoms with E-state index in [9.17, 15) is 18.0 Å². The second-order valence-corrected chi connectivity index (χ2v) is 12.3. The van der Waals surface area contributed by atoms with Crippen molar-refractivity contribution in [2.75, 3.05) is 38.2 Å². The van der Waals surface area contributed by atoms with Gasteiger partial charge in [0.1, 0.15) is 11.9 Å². The number of carbonyl (C=O) groups excluding carboxylic acids is 1. The number of anilines is 1. The Morgan fingerprint density at radius 3 is 2.53 bits per heavy atom. The molecule has 0 radical (unpaired) electrons. The van der Waals surface area contributed by atoms with Gasteiger partial charge in [0.05, 0.1) is 18.7 Å².